The summed E-state index contributed by atoms with van der Waals surface area (Å²) in [7, 11) is -2.64. The molecule has 37 heavy (non-hydrogen) atoms. The van der Waals surface area contributed by atoms with Crippen LogP contribution in [0.5, 0.6) is 5.75 Å². The maximum absolute atomic E-state index is 14.1. The number of aromatic nitrogens is 2. The van der Waals surface area contributed by atoms with Crippen molar-refractivity contribution in [3.63, 3.8) is 0 Å². The van der Waals surface area contributed by atoms with Gasteiger partial charge in [-0.15, -0.1) is 0 Å². The van der Waals surface area contributed by atoms with E-state index in [1.807, 2.05) is 18.2 Å². The Labute approximate surface area is 212 Å². The number of fused-ring (bicyclic) bond motifs is 1. The number of nitriles is 1. The molecule has 0 unspecified atom stereocenters. The van der Waals surface area contributed by atoms with Gasteiger partial charge in [0.2, 0.25) is 10.0 Å². The first-order valence-corrected chi connectivity index (χ1v) is 12.9. The number of nitrogens with zero attached hydrogens (tertiary/aromatic N) is 4. The third kappa shape index (κ3) is 4.08. The van der Waals surface area contributed by atoms with Crippen molar-refractivity contribution >= 4 is 32.5 Å². The molecule has 0 spiro atoms. The number of carbonyl (C=O) groups is 1. The molecule has 1 fully saturated rings. The first-order chi connectivity index (χ1) is 17.6. The fourth-order valence-corrected chi connectivity index (χ4v) is 6.72. The van der Waals surface area contributed by atoms with Gasteiger partial charge in [0.15, 0.2) is 0 Å². The number of sulfonamides is 1. The van der Waals surface area contributed by atoms with E-state index in [1.165, 1.54) is 49.0 Å². The van der Waals surface area contributed by atoms with Crippen molar-refractivity contribution in [1.82, 2.24) is 14.1 Å². The SMILES string of the molecule is COc1ccc(S(=O)(=O)N2C[C@H](n3nc(CC(=O)O)c4ccc(F)cc43)C[C@]2(C)C#N)cc1C1=CC=C1. The molecule has 1 aliphatic heterocycles. The normalized spacial score (nSPS) is 21.5. The minimum atomic E-state index is -4.14. The molecular weight excluding hydrogens is 499 g/mol. The second kappa shape index (κ2) is 8.83. The van der Waals surface area contributed by atoms with E-state index >= 15 is 0 Å². The van der Waals surface area contributed by atoms with E-state index in [4.69, 9.17) is 4.74 Å². The van der Waals surface area contributed by atoms with Crippen LogP contribution in [0.15, 0.2) is 59.5 Å². The van der Waals surface area contributed by atoms with E-state index in [1.54, 1.807) is 6.07 Å². The fourth-order valence-electron chi connectivity index (χ4n) is 4.95. The minimum absolute atomic E-state index is 0.00885. The number of allylic oxidation sites excluding steroid dienone is 4. The van der Waals surface area contributed by atoms with Crippen molar-refractivity contribution in [2.24, 2.45) is 0 Å². The van der Waals surface area contributed by atoms with Crippen LogP contribution in [-0.2, 0) is 21.2 Å². The Bertz CT molecular complexity index is 1650. The number of halogens is 1. The molecule has 3 aromatic rings. The number of methoxy groups -OCH3 is 1. The molecular formula is C26H23FN4O5S. The van der Waals surface area contributed by atoms with E-state index in [2.05, 4.69) is 11.2 Å². The van der Waals surface area contributed by atoms with Crippen LogP contribution in [0.1, 0.15) is 30.6 Å². The van der Waals surface area contributed by atoms with E-state index in [9.17, 15) is 28.0 Å². The third-order valence-electron chi connectivity index (χ3n) is 6.83. The van der Waals surface area contributed by atoms with Gasteiger partial charge in [-0.1, -0.05) is 18.2 Å². The summed E-state index contributed by atoms with van der Waals surface area (Å²) in [4.78, 5) is 11.4. The Balaban J connectivity index is 1.57. The fraction of sp³-hybridized carbons (Fsp3) is 0.269. The molecule has 0 amide bonds. The predicted molar refractivity (Wildman–Crippen MR) is 133 cm³/mol. The maximum atomic E-state index is 14.1. The lowest BCUT2D eigenvalue weighted by atomic mass is 9.98. The molecule has 0 saturated carbocycles. The van der Waals surface area contributed by atoms with Crippen molar-refractivity contribution < 1.29 is 27.4 Å². The van der Waals surface area contributed by atoms with Crippen LogP contribution in [0.3, 0.4) is 0 Å². The molecule has 1 N–H and O–H groups in total. The van der Waals surface area contributed by atoms with Crippen LogP contribution in [0.2, 0.25) is 0 Å². The summed E-state index contributed by atoms with van der Waals surface area (Å²) in [6.45, 7) is 1.44. The Kier molecular flexibility index (Phi) is 5.89. The van der Waals surface area contributed by atoms with Crippen LogP contribution in [0, 0.1) is 17.1 Å². The van der Waals surface area contributed by atoms with Gasteiger partial charge in [-0.05, 0) is 48.9 Å². The van der Waals surface area contributed by atoms with E-state index in [0.717, 1.165) is 9.88 Å². The smallest absolute Gasteiger partial charge is 0.309 e. The first-order valence-electron chi connectivity index (χ1n) is 11.5. The topological polar surface area (TPSA) is 126 Å². The molecule has 5 rings (SSSR count). The predicted octanol–water partition coefficient (Wildman–Crippen LogP) is 3.68. The Hall–Kier alpha value is -4.01. The van der Waals surface area contributed by atoms with E-state index in [0.29, 0.717) is 22.2 Å². The number of aliphatic carboxylic acids is 1. The summed E-state index contributed by atoms with van der Waals surface area (Å²) in [5, 5.41) is 24.3. The standard InChI is InChI=1S/C26H23FN4O5S/c1-26(15-28)13-18(31-23-10-17(27)6-8-20(23)22(29-31)12-25(32)33)14-30(26)37(34,35)19-7-9-24(36-2)21(11-19)16-4-3-5-16/h3-11,18H,12-14H2,1-2H3,(H,32,33)/t18-,26-/m1/s1. The Morgan fingerprint density at radius 1 is 1.32 bits per heavy atom. The quantitative estimate of drug-likeness (QED) is 0.502. The Morgan fingerprint density at radius 3 is 2.70 bits per heavy atom. The largest absolute Gasteiger partial charge is 0.496 e. The third-order valence-corrected chi connectivity index (χ3v) is 8.81. The van der Waals surface area contributed by atoms with Gasteiger partial charge in [0, 0.05) is 23.9 Å². The second-order valence-corrected chi connectivity index (χ2v) is 11.1. The number of benzene rings is 2. The number of rotatable bonds is 7. The van der Waals surface area contributed by atoms with Crippen molar-refractivity contribution in [2.45, 2.75) is 36.2 Å². The van der Waals surface area contributed by atoms with Gasteiger partial charge in [0.1, 0.15) is 17.1 Å². The van der Waals surface area contributed by atoms with Crippen molar-refractivity contribution in [3.05, 3.63) is 71.7 Å². The van der Waals surface area contributed by atoms with Crippen LogP contribution in [0.4, 0.5) is 4.39 Å². The van der Waals surface area contributed by atoms with Crippen molar-refractivity contribution in [2.75, 3.05) is 13.7 Å². The van der Waals surface area contributed by atoms with Crippen LogP contribution in [-0.4, -0.2) is 52.8 Å². The lowest BCUT2D eigenvalue weighted by Gasteiger charge is -2.27. The van der Waals surface area contributed by atoms with Gasteiger partial charge < -0.3 is 9.84 Å². The maximum Gasteiger partial charge on any atom is 0.309 e. The van der Waals surface area contributed by atoms with Crippen LogP contribution >= 0.6 is 0 Å². The van der Waals surface area contributed by atoms with Gasteiger partial charge >= 0.3 is 5.97 Å². The zero-order chi connectivity index (χ0) is 26.5. The van der Waals surface area contributed by atoms with E-state index in [-0.39, 0.29) is 30.0 Å². The number of hydrogen-bond acceptors (Lipinski definition) is 6. The highest BCUT2D eigenvalue weighted by atomic mass is 32.2. The molecule has 0 radical (unpaired) electrons. The van der Waals surface area contributed by atoms with Crippen LogP contribution in [0.25, 0.3) is 16.5 Å². The second-order valence-electron chi connectivity index (χ2n) is 9.25. The molecule has 2 atom stereocenters. The summed E-state index contributed by atoms with van der Waals surface area (Å²) in [5.41, 5.74) is 0.609. The van der Waals surface area contributed by atoms with Crippen molar-refractivity contribution in [3.8, 4) is 11.8 Å². The molecule has 2 heterocycles. The summed E-state index contributed by atoms with van der Waals surface area (Å²) in [6, 6.07) is 9.98. The summed E-state index contributed by atoms with van der Waals surface area (Å²) < 4.78 is 49.9. The van der Waals surface area contributed by atoms with Gasteiger partial charge in [-0.2, -0.15) is 14.7 Å². The molecule has 1 aliphatic carbocycles. The van der Waals surface area contributed by atoms with Crippen molar-refractivity contribution in [1.29, 1.82) is 5.26 Å². The molecule has 9 nitrogen and oxygen atoms in total. The number of carboxylic acid groups (broad SMARTS) is 1. The molecule has 1 aromatic heterocycles. The van der Waals surface area contributed by atoms with Gasteiger partial charge in [-0.3, -0.25) is 9.48 Å². The number of ether oxygens (including phenoxy) is 1. The molecule has 2 aromatic carbocycles. The highest BCUT2D eigenvalue weighted by Gasteiger charge is 2.50. The minimum Gasteiger partial charge on any atom is -0.496 e. The monoisotopic (exact) mass is 522 g/mol. The summed E-state index contributed by atoms with van der Waals surface area (Å²) in [5.74, 6) is -1.11. The number of hydrogen-bond donors (Lipinski definition) is 1. The zero-order valence-corrected chi connectivity index (χ0v) is 20.9. The zero-order valence-electron chi connectivity index (χ0n) is 20.1. The molecule has 190 valence electrons. The average Bonchev–Trinajstić information content (AvgIpc) is 3.35. The highest BCUT2D eigenvalue weighted by molar-refractivity contribution is 7.89. The summed E-state index contributed by atoms with van der Waals surface area (Å²) in [6.07, 6.45) is 5.23. The van der Waals surface area contributed by atoms with E-state index < -0.39 is 33.4 Å². The molecule has 11 heteroatoms. The molecule has 1 saturated heterocycles. The lowest BCUT2D eigenvalue weighted by Crippen LogP contribution is -2.43. The first kappa shape index (κ1) is 24.7. The van der Waals surface area contributed by atoms with Crippen LogP contribution < -0.4 is 4.74 Å². The Morgan fingerprint density at radius 2 is 2.08 bits per heavy atom. The molecule has 2 aliphatic rings. The van der Waals surface area contributed by atoms with Gasteiger partial charge in [-0.25, -0.2) is 12.8 Å². The molecule has 0 bridgehead atoms. The summed E-state index contributed by atoms with van der Waals surface area (Å²) >= 11 is 0. The van der Waals surface area contributed by atoms with Gasteiger partial charge in [0.25, 0.3) is 0 Å². The average molecular weight is 523 g/mol. The lowest BCUT2D eigenvalue weighted by molar-refractivity contribution is -0.136. The van der Waals surface area contributed by atoms with Gasteiger partial charge in [0.05, 0.1) is 41.7 Å². The number of carboxylic acids is 1. The highest BCUT2D eigenvalue weighted by Crippen LogP contribution is 2.42.